The van der Waals surface area contributed by atoms with Crippen molar-refractivity contribution >= 4 is 0 Å². The van der Waals surface area contributed by atoms with E-state index in [1.165, 1.54) is 19.3 Å². The lowest BCUT2D eigenvalue weighted by Crippen LogP contribution is -2.34. The van der Waals surface area contributed by atoms with Crippen molar-refractivity contribution < 1.29 is 5.11 Å². The van der Waals surface area contributed by atoms with Crippen LogP contribution in [0.3, 0.4) is 0 Å². The summed E-state index contributed by atoms with van der Waals surface area (Å²) in [7, 11) is 0. The molecule has 1 aliphatic heterocycles. The van der Waals surface area contributed by atoms with E-state index in [1.807, 2.05) is 0 Å². The van der Waals surface area contributed by atoms with Crippen molar-refractivity contribution in [3.63, 3.8) is 0 Å². The Bertz CT molecular complexity index is 183. The quantitative estimate of drug-likeness (QED) is 0.678. The van der Waals surface area contributed by atoms with Crippen LogP contribution in [0.4, 0.5) is 0 Å². The van der Waals surface area contributed by atoms with Crippen LogP contribution < -0.4 is 5.32 Å². The van der Waals surface area contributed by atoms with Crippen molar-refractivity contribution in [1.82, 2.24) is 5.32 Å². The zero-order valence-electron chi connectivity index (χ0n) is 8.71. The molecule has 2 nitrogen and oxygen atoms in total. The van der Waals surface area contributed by atoms with Gasteiger partial charge in [0.2, 0.25) is 0 Å². The molecule has 0 spiro atoms. The summed E-state index contributed by atoms with van der Waals surface area (Å²) in [6.07, 6.45) is 3.87. The van der Waals surface area contributed by atoms with Gasteiger partial charge in [0.1, 0.15) is 0 Å². The van der Waals surface area contributed by atoms with Crippen LogP contribution in [-0.2, 0) is 0 Å². The fourth-order valence-electron chi connectivity index (χ4n) is 3.06. The number of β-amino-alcohol motifs (C(OH)–C–C–N with tert-alkyl or cyclic N) is 1. The Labute approximate surface area is 80.7 Å². The van der Waals surface area contributed by atoms with Gasteiger partial charge in [-0.2, -0.15) is 0 Å². The largest absolute Gasteiger partial charge is 0.391 e. The summed E-state index contributed by atoms with van der Waals surface area (Å²) >= 11 is 0. The van der Waals surface area contributed by atoms with E-state index in [9.17, 15) is 5.11 Å². The maximum absolute atomic E-state index is 9.63. The van der Waals surface area contributed by atoms with Gasteiger partial charge in [-0.1, -0.05) is 13.8 Å². The summed E-state index contributed by atoms with van der Waals surface area (Å²) in [4.78, 5) is 0. The zero-order chi connectivity index (χ0) is 9.47. The smallest absolute Gasteiger partial charge is 0.0704 e. The maximum Gasteiger partial charge on any atom is 0.0704 e. The number of nitrogens with one attached hydrogen (secondary N) is 1. The minimum Gasteiger partial charge on any atom is -0.391 e. The Morgan fingerprint density at radius 1 is 1.31 bits per heavy atom. The molecule has 76 valence electrons. The number of aliphatic hydroxyl groups excluding tert-OH is 1. The van der Waals surface area contributed by atoms with Gasteiger partial charge in [0, 0.05) is 13.1 Å². The van der Waals surface area contributed by atoms with E-state index < -0.39 is 0 Å². The van der Waals surface area contributed by atoms with Gasteiger partial charge in [-0.3, -0.25) is 0 Å². The average Bonchev–Trinajstić information content (AvgIpc) is 2.33. The van der Waals surface area contributed by atoms with Crippen molar-refractivity contribution in [2.75, 3.05) is 13.1 Å². The Morgan fingerprint density at radius 2 is 2.00 bits per heavy atom. The molecule has 0 aromatic heterocycles. The maximum atomic E-state index is 9.63. The molecule has 2 atom stereocenters. The molecule has 0 unspecified atom stereocenters. The first kappa shape index (κ1) is 9.47. The first-order valence-electron chi connectivity index (χ1n) is 5.46. The van der Waals surface area contributed by atoms with Gasteiger partial charge in [0.15, 0.2) is 0 Å². The van der Waals surface area contributed by atoms with Crippen LogP contribution in [0.5, 0.6) is 0 Å². The lowest BCUT2D eigenvalue weighted by Gasteiger charge is -2.44. The van der Waals surface area contributed by atoms with Crippen molar-refractivity contribution in [2.24, 2.45) is 17.3 Å². The predicted octanol–water partition coefficient (Wildman–Crippen LogP) is 1.39. The Kier molecular flexibility index (Phi) is 2.37. The van der Waals surface area contributed by atoms with Gasteiger partial charge in [-0.15, -0.1) is 0 Å². The highest BCUT2D eigenvalue weighted by Crippen LogP contribution is 2.47. The number of rotatable bonds is 2. The van der Waals surface area contributed by atoms with E-state index in [1.54, 1.807) is 0 Å². The number of hydrogen-bond acceptors (Lipinski definition) is 2. The molecule has 13 heavy (non-hydrogen) atoms. The second kappa shape index (κ2) is 3.25. The standard InChI is InChI=1S/C11H21NO/c1-11(2)4-8(5-11)3-9-6-12-7-10(9)13/h8-10,12-13H,3-7H2,1-2H3/t9-,10-/m1/s1. The van der Waals surface area contributed by atoms with Crippen LogP contribution in [0, 0.1) is 17.3 Å². The third kappa shape index (κ3) is 2.05. The molecule has 0 radical (unpaired) electrons. The molecule has 1 aliphatic carbocycles. The number of aliphatic hydroxyl groups is 1. The van der Waals surface area contributed by atoms with Crippen LogP contribution >= 0.6 is 0 Å². The predicted molar refractivity (Wildman–Crippen MR) is 53.5 cm³/mol. The normalized spacial score (nSPS) is 39.0. The van der Waals surface area contributed by atoms with Gasteiger partial charge in [0.25, 0.3) is 0 Å². The summed E-state index contributed by atoms with van der Waals surface area (Å²) in [5.74, 6) is 1.41. The molecule has 0 aromatic rings. The summed E-state index contributed by atoms with van der Waals surface area (Å²) < 4.78 is 0. The molecule has 1 heterocycles. The highest BCUT2D eigenvalue weighted by Gasteiger charge is 2.38. The van der Waals surface area contributed by atoms with E-state index >= 15 is 0 Å². The van der Waals surface area contributed by atoms with Crippen molar-refractivity contribution in [2.45, 2.75) is 39.2 Å². The summed E-state index contributed by atoms with van der Waals surface area (Å²) in [5, 5.41) is 12.9. The Morgan fingerprint density at radius 3 is 2.46 bits per heavy atom. The minimum atomic E-state index is -0.0799. The molecular formula is C11H21NO. The fourth-order valence-corrected chi connectivity index (χ4v) is 3.06. The van der Waals surface area contributed by atoms with Crippen LogP contribution in [0.15, 0.2) is 0 Å². The van der Waals surface area contributed by atoms with Gasteiger partial charge in [-0.05, 0) is 36.5 Å². The van der Waals surface area contributed by atoms with E-state index in [2.05, 4.69) is 19.2 Å². The monoisotopic (exact) mass is 183 g/mol. The molecule has 0 amide bonds. The molecule has 2 heteroatoms. The summed E-state index contributed by atoms with van der Waals surface area (Å²) in [5.41, 5.74) is 0.585. The van der Waals surface area contributed by atoms with Crippen molar-refractivity contribution in [3.05, 3.63) is 0 Å². The highest BCUT2D eigenvalue weighted by molar-refractivity contribution is 4.91. The van der Waals surface area contributed by atoms with Crippen molar-refractivity contribution in [1.29, 1.82) is 0 Å². The fraction of sp³-hybridized carbons (Fsp3) is 1.00. The van der Waals surface area contributed by atoms with Crippen molar-refractivity contribution in [3.8, 4) is 0 Å². The van der Waals surface area contributed by atoms with Gasteiger partial charge in [-0.25, -0.2) is 0 Å². The molecule has 2 aliphatic rings. The SMILES string of the molecule is CC1(C)CC(C[C@@H]2CNC[C@H]2O)C1. The third-order valence-corrected chi connectivity index (χ3v) is 3.62. The van der Waals surface area contributed by atoms with Gasteiger partial charge in [0.05, 0.1) is 6.10 Å². The second-order valence-electron chi connectivity index (χ2n) is 5.66. The molecule has 2 N–H and O–H groups in total. The molecule has 1 saturated carbocycles. The van der Waals surface area contributed by atoms with E-state index in [-0.39, 0.29) is 6.10 Å². The summed E-state index contributed by atoms with van der Waals surface area (Å²) in [6, 6.07) is 0. The highest BCUT2D eigenvalue weighted by atomic mass is 16.3. The van der Waals surface area contributed by atoms with E-state index in [0.29, 0.717) is 11.3 Å². The zero-order valence-corrected chi connectivity index (χ0v) is 8.71. The third-order valence-electron chi connectivity index (χ3n) is 3.62. The molecule has 1 saturated heterocycles. The lowest BCUT2D eigenvalue weighted by atomic mass is 9.62. The van der Waals surface area contributed by atoms with Crippen LogP contribution in [-0.4, -0.2) is 24.3 Å². The average molecular weight is 183 g/mol. The number of hydrogen-bond donors (Lipinski definition) is 2. The topological polar surface area (TPSA) is 32.3 Å². The molecule has 0 aromatic carbocycles. The van der Waals surface area contributed by atoms with Crippen LogP contribution in [0.2, 0.25) is 0 Å². The van der Waals surface area contributed by atoms with Crippen LogP contribution in [0.1, 0.15) is 33.1 Å². The molecule has 2 rings (SSSR count). The second-order valence-corrected chi connectivity index (χ2v) is 5.66. The Hall–Kier alpha value is -0.0800. The minimum absolute atomic E-state index is 0.0799. The van der Waals surface area contributed by atoms with Gasteiger partial charge < -0.3 is 10.4 Å². The molecule has 2 fully saturated rings. The first-order chi connectivity index (χ1) is 6.07. The molecular weight excluding hydrogens is 162 g/mol. The summed E-state index contributed by atoms with van der Waals surface area (Å²) in [6.45, 7) is 6.51. The molecule has 0 bridgehead atoms. The van der Waals surface area contributed by atoms with E-state index in [4.69, 9.17) is 0 Å². The first-order valence-corrected chi connectivity index (χ1v) is 5.46. The van der Waals surface area contributed by atoms with Gasteiger partial charge >= 0.3 is 0 Å². The van der Waals surface area contributed by atoms with Crippen LogP contribution in [0.25, 0.3) is 0 Å². The lowest BCUT2D eigenvalue weighted by molar-refractivity contribution is 0.0529. The van der Waals surface area contributed by atoms with E-state index in [0.717, 1.165) is 19.0 Å². The Balaban J connectivity index is 1.74.